The molecule has 2 atom stereocenters. The molecule has 0 fully saturated rings. The van der Waals surface area contributed by atoms with E-state index in [4.69, 9.17) is 30.5 Å². The molecule has 4 N–H and O–H groups in total. The summed E-state index contributed by atoms with van der Waals surface area (Å²) in [6.07, 6.45) is 0. The van der Waals surface area contributed by atoms with Crippen molar-refractivity contribution in [2.45, 2.75) is 39.8 Å². The first-order valence-electron chi connectivity index (χ1n) is 8.47. The Morgan fingerprint density at radius 3 is 1.31 bits per heavy atom. The molecule has 0 amide bonds. The van der Waals surface area contributed by atoms with Crippen LogP contribution in [0.2, 0.25) is 0 Å². The van der Waals surface area contributed by atoms with E-state index in [1.807, 2.05) is 0 Å². The zero-order valence-electron chi connectivity index (χ0n) is 15.8. The van der Waals surface area contributed by atoms with Gasteiger partial charge in [0.2, 0.25) is 0 Å². The number of aryl methyl sites for hydroxylation is 4. The minimum atomic E-state index is -0.722. The van der Waals surface area contributed by atoms with Gasteiger partial charge in [-0.15, -0.1) is 13.1 Å². The third kappa shape index (κ3) is 6.94. The van der Waals surface area contributed by atoms with Crippen LogP contribution in [0.3, 0.4) is 0 Å². The minimum absolute atomic E-state index is 0.0682. The van der Waals surface area contributed by atoms with E-state index < -0.39 is 15.9 Å². The van der Waals surface area contributed by atoms with Crippen molar-refractivity contribution < 1.29 is 15.9 Å². The van der Waals surface area contributed by atoms with Gasteiger partial charge in [-0.25, -0.2) is 0 Å². The summed E-state index contributed by atoms with van der Waals surface area (Å²) >= 11 is -0.722. The van der Waals surface area contributed by atoms with E-state index in [9.17, 15) is 0 Å². The normalized spacial score (nSPS) is 12.9. The Hall–Kier alpha value is -0.438. The molecule has 26 heavy (non-hydrogen) atoms. The van der Waals surface area contributed by atoms with E-state index in [1.165, 1.54) is 33.4 Å². The second kappa shape index (κ2) is 12.1. The van der Waals surface area contributed by atoms with Crippen molar-refractivity contribution >= 4 is 19.1 Å². The van der Waals surface area contributed by atoms with Gasteiger partial charge in [-0.2, -0.15) is 0 Å². The van der Waals surface area contributed by atoms with Crippen LogP contribution in [-0.2, 0) is 15.9 Å². The Morgan fingerprint density at radius 1 is 0.769 bits per heavy atom. The van der Waals surface area contributed by atoms with E-state index in [-0.39, 0.29) is 12.1 Å². The summed E-state index contributed by atoms with van der Waals surface area (Å²) in [4.78, 5) is 0. The Morgan fingerprint density at radius 2 is 1.04 bits per heavy atom. The second-order valence-electron chi connectivity index (χ2n) is 6.47. The van der Waals surface area contributed by atoms with E-state index in [1.54, 1.807) is 0 Å². The fourth-order valence-corrected chi connectivity index (χ4v) is 3.36. The van der Waals surface area contributed by atoms with E-state index in [0.29, 0.717) is 13.1 Å². The quantitative estimate of drug-likeness (QED) is 0.493. The monoisotopic (exact) mass is 567 g/mol. The van der Waals surface area contributed by atoms with Crippen molar-refractivity contribution in [3.8, 4) is 0 Å². The first-order valence-corrected chi connectivity index (χ1v) is 15.2. The predicted molar refractivity (Wildman–Crippen MR) is 110 cm³/mol. The van der Waals surface area contributed by atoms with Crippen LogP contribution in [0.1, 0.15) is 45.5 Å². The molecule has 0 radical (unpaired) electrons. The third-order valence-electron chi connectivity index (χ3n) is 4.48. The van der Waals surface area contributed by atoms with Gasteiger partial charge in [0.1, 0.15) is 0 Å². The first-order chi connectivity index (χ1) is 12.3. The summed E-state index contributed by atoms with van der Waals surface area (Å²) in [5.41, 5.74) is 20.0. The number of halogens is 2. The summed E-state index contributed by atoms with van der Waals surface area (Å²) < 4.78 is 0. The van der Waals surface area contributed by atoms with Gasteiger partial charge in [0.05, 0.1) is 0 Å². The van der Waals surface area contributed by atoms with Gasteiger partial charge in [-0.1, -0.05) is 36.4 Å². The third-order valence-corrected chi connectivity index (χ3v) is 4.48. The molecule has 3 nitrogen and oxygen atoms in total. The molecule has 0 aromatic heterocycles. The molecule has 0 aliphatic carbocycles. The molecular weight excluding hydrogens is 539 g/mol. The summed E-state index contributed by atoms with van der Waals surface area (Å²) in [6, 6.07) is 12.4. The van der Waals surface area contributed by atoms with Crippen LogP contribution in [-0.4, -0.2) is 13.1 Å². The molecule has 2 aromatic rings. The molecular formula is C20H28Cl2N3Re-. The molecule has 0 bridgehead atoms. The summed E-state index contributed by atoms with van der Waals surface area (Å²) in [6.45, 7) is 9.61. The molecule has 145 valence electrons. The molecule has 2 unspecified atom stereocenters. The molecule has 2 rings (SSSR count). The van der Waals surface area contributed by atoms with Gasteiger partial charge >= 0.3 is 35.0 Å². The van der Waals surface area contributed by atoms with Crippen LogP contribution < -0.4 is 11.5 Å². The van der Waals surface area contributed by atoms with Gasteiger partial charge in [-0.05, 0) is 61.1 Å². The number of nitrogens with two attached hydrogens (primary N) is 2. The van der Waals surface area contributed by atoms with Crippen molar-refractivity contribution in [3.63, 3.8) is 0 Å². The van der Waals surface area contributed by atoms with Crippen molar-refractivity contribution in [3.05, 3.63) is 75.1 Å². The average molecular weight is 568 g/mol. The van der Waals surface area contributed by atoms with Gasteiger partial charge in [0.25, 0.3) is 0 Å². The van der Waals surface area contributed by atoms with Crippen molar-refractivity contribution in [2.75, 3.05) is 13.1 Å². The SMILES string of the molecule is Cc1cccc(C)c1C(N)C[N-]CC(N)c1c(C)cccc1C.[Cl][Re][Cl]. The van der Waals surface area contributed by atoms with Crippen LogP contribution in [0.25, 0.3) is 5.32 Å². The molecule has 0 spiro atoms. The molecule has 0 aliphatic heterocycles. The van der Waals surface area contributed by atoms with E-state index in [0.717, 1.165) is 0 Å². The first kappa shape index (κ1) is 23.6. The van der Waals surface area contributed by atoms with E-state index in [2.05, 4.69) is 69.4 Å². The molecule has 2 aromatic carbocycles. The van der Waals surface area contributed by atoms with Gasteiger partial charge in [0.15, 0.2) is 0 Å². The zero-order chi connectivity index (χ0) is 19.7. The fourth-order valence-electron chi connectivity index (χ4n) is 3.36. The Kier molecular flexibility index (Phi) is 11.0. The predicted octanol–water partition coefficient (Wildman–Crippen LogP) is 5.37. The molecule has 0 heterocycles. The molecule has 0 saturated carbocycles. The number of benzene rings is 2. The molecule has 0 saturated heterocycles. The van der Waals surface area contributed by atoms with Gasteiger partial charge in [-0.3, -0.25) is 0 Å². The fraction of sp³-hybridized carbons (Fsp3) is 0.400. The maximum atomic E-state index is 6.35. The van der Waals surface area contributed by atoms with Crippen molar-refractivity contribution in [2.24, 2.45) is 11.5 Å². The Labute approximate surface area is 173 Å². The Balaban J connectivity index is 0.00000105. The summed E-state index contributed by atoms with van der Waals surface area (Å²) in [5, 5.41) is 4.64. The van der Waals surface area contributed by atoms with Gasteiger partial charge in [0, 0.05) is 12.1 Å². The van der Waals surface area contributed by atoms with Crippen LogP contribution in [0.4, 0.5) is 0 Å². The van der Waals surface area contributed by atoms with Crippen LogP contribution in [0.15, 0.2) is 36.4 Å². The van der Waals surface area contributed by atoms with Crippen LogP contribution in [0, 0.1) is 27.7 Å². The number of nitrogens with zero attached hydrogens (tertiary/aromatic N) is 1. The maximum absolute atomic E-state index is 6.35. The summed E-state index contributed by atoms with van der Waals surface area (Å²) in [5.74, 6) is 0. The topological polar surface area (TPSA) is 66.1 Å². The van der Waals surface area contributed by atoms with E-state index >= 15 is 0 Å². The molecule has 6 heteroatoms. The second-order valence-corrected chi connectivity index (χ2v) is 10.4. The van der Waals surface area contributed by atoms with Gasteiger partial charge < -0.3 is 16.8 Å². The van der Waals surface area contributed by atoms with Crippen molar-refractivity contribution in [1.29, 1.82) is 0 Å². The summed E-state index contributed by atoms with van der Waals surface area (Å²) in [7, 11) is 9.83. The zero-order valence-corrected chi connectivity index (χ0v) is 20.0. The van der Waals surface area contributed by atoms with Crippen molar-refractivity contribution in [1.82, 2.24) is 0 Å². The average Bonchev–Trinajstić information content (AvgIpc) is 2.55. The number of hydrogen-bond donors (Lipinski definition) is 2. The Bertz CT molecular complexity index is 597. The number of hydrogen-bond acceptors (Lipinski definition) is 2. The standard InChI is InChI=1S/C20H28N3.2ClH.Re/c1-13-7-5-8-14(2)19(13)17(21)11-23-12-18(22)20-15(3)9-6-10-16(20)4;;;/h5-10,17-18H,11-12,21-22H2,1-4H3;2*1H;/q-1;;;+2/p-2. The van der Waals surface area contributed by atoms with Crippen LogP contribution in [0.5, 0.6) is 0 Å². The molecule has 0 aliphatic rings. The van der Waals surface area contributed by atoms with Crippen LogP contribution >= 0.6 is 19.1 Å². The number of rotatable bonds is 6.